The van der Waals surface area contributed by atoms with Crippen molar-refractivity contribution in [2.24, 2.45) is 4.99 Å². The molecule has 1 aliphatic heterocycles. The number of amidine groups is 1. The number of hydrogen-bond acceptors (Lipinski definition) is 6. The molecule has 1 aromatic heterocycles. The monoisotopic (exact) mass is 554 g/mol. The fourth-order valence-corrected chi connectivity index (χ4v) is 4.16. The van der Waals surface area contributed by atoms with Crippen molar-refractivity contribution >= 4 is 64.8 Å². The number of nitrogens with zero attached hydrogens (tertiary/aromatic N) is 6. The van der Waals surface area contributed by atoms with Gasteiger partial charge in [-0.1, -0.05) is 53.5 Å². The SMILES string of the molecule is Cc1nnc(N2C(=O)C(=Cc3ccc(Cl)cc3)N=C2c2ccc(Cl)cc2)nc1/C=C\c1ccc(N(C)C)cc1. The van der Waals surface area contributed by atoms with E-state index in [0.717, 1.165) is 16.8 Å². The van der Waals surface area contributed by atoms with Crippen molar-refractivity contribution in [1.29, 1.82) is 0 Å². The summed E-state index contributed by atoms with van der Waals surface area (Å²) in [5, 5.41) is 9.73. The quantitative estimate of drug-likeness (QED) is 0.252. The maximum absolute atomic E-state index is 13.7. The van der Waals surface area contributed by atoms with E-state index >= 15 is 0 Å². The van der Waals surface area contributed by atoms with Crippen LogP contribution in [-0.2, 0) is 4.79 Å². The maximum Gasteiger partial charge on any atom is 0.285 e. The summed E-state index contributed by atoms with van der Waals surface area (Å²) in [4.78, 5) is 26.4. The minimum absolute atomic E-state index is 0.126. The van der Waals surface area contributed by atoms with E-state index < -0.39 is 0 Å². The summed E-state index contributed by atoms with van der Waals surface area (Å²) in [5.41, 5.74) is 5.06. The highest BCUT2D eigenvalue weighted by Crippen LogP contribution is 2.27. The van der Waals surface area contributed by atoms with Crippen LogP contribution in [0.25, 0.3) is 18.2 Å². The van der Waals surface area contributed by atoms with Crippen LogP contribution < -0.4 is 9.80 Å². The van der Waals surface area contributed by atoms with Gasteiger partial charge in [-0.05, 0) is 78.7 Å². The highest BCUT2D eigenvalue weighted by molar-refractivity contribution is 6.33. The van der Waals surface area contributed by atoms with E-state index in [0.29, 0.717) is 32.8 Å². The molecule has 0 bridgehead atoms. The minimum atomic E-state index is -0.366. The van der Waals surface area contributed by atoms with Gasteiger partial charge in [0.05, 0.1) is 11.4 Å². The Hall–Kier alpha value is -4.33. The molecule has 4 aromatic rings. The van der Waals surface area contributed by atoms with Crippen molar-refractivity contribution < 1.29 is 4.79 Å². The lowest BCUT2D eigenvalue weighted by molar-refractivity contribution is -0.113. The van der Waals surface area contributed by atoms with E-state index in [9.17, 15) is 4.79 Å². The Morgan fingerprint density at radius 1 is 0.795 bits per heavy atom. The summed E-state index contributed by atoms with van der Waals surface area (Å²) in [5.74, 6) is 0.146. The van der Waals surface area contributed by atoms with Crippen molar-refractivity contribution in [3.8, 4) is 0 Å². The van der Waals surface area contributed by atoms with Gasteiger partial charge in [-0.2, -0.15) is 0 Å². The number of amides is 1. The molecule has 7 nitrogen and oxygen atoms in total. The average molecular weight is 555 g/mol. The number of halogens is 2. The highest BCUT2D eigenvalue weighted by Gasteiger charge is 2.35. The number of aliphatic imine (C=N–C) groups is 1. The second kappa shape index (κ2) is 11.2. The molecular weight excluding hydrogens is 531 g/mol. The molecule has 0 fully saturated rings. The number of aryl methyl sites for hydroxylation is 1. The molecule has 194 valence electrons. The summed E-state index contributed by atoms with van der Waals surface area (Å²) >= 11 is 12.1. The summed E-state index contributed by atoms with van der Waals surface area (Å²) < 4.78 is 0. The Bertz CT molecular complexity index is 1610. The van der Waals surface area contributed by atoms with Crippen LogP contribution in [0.1, 0.15) is 28.1 Å². The van der Waals surface area contributed by atoms with Crippen molar-refractivity contribution in [3.05, 3.63) is 117 Å². The smallest absolute Gasteiger partial charge is 0.285 e. The topological polar surface area (TPSA) is 74.6 Å². The molecular formula is C30H24Cl2N6O. The van der Waals surface area contributed by atoms with Crippen molar-refractivity contribution in [3.63, 3.8) is 0 Å². The standard InChI is InChI=1S/C30H24Cl2N6O/c1-19-26(17-8-20-6-15-25(16-7-20)37(2)3)34-30(36-35-19)38-28(22-9-13-24(32)14-10-22)33-27(29(38)39)18-21-4-11-23(31)12-5-21/h4-18H,1-3H3/b17-8-,27-18?. The second-order valence-corrected chi connectivity index (χ2v) is 9.94. The molecule has 3 aromatic carbocycles. The first-order valence-electron chi connectivity index (χ1n) is 12.1. The predicted octanol–water partition coefficient (Wildman–Crippen LogP) is 6.56. The van der Waals surface area contributed by atoms with E-state index in [4.69, 9.17) is 28.2 Å². The fraction of sp³-hybridized carbons (Fsp3) is 0.100. The van der Waals surface area contributed by atoms with Crippen LogP contribution >= 0.6 is 23.2 Å². The molecule has 0 aliphatic carbocycles. The normalized spacial score (nSPS) is 14.4. The first-order chi connectivity index (χ1) is 18.8. The summed E-state index contributed by atoms with van der Waals surface area (Å²) in [7, 11) is 4.00. The minimum Gasteiger partial charge on any atom is -0.378 e. The van der Waals surface area contributed by atoms with Gasteiger partial charge in [0.2, 0.25) is 0 Å². The van der Waals surface area contributed by atoms with Gasteiger partial charge in [-0.25, -0.2) is 14.9 Å². The van der Waals surface area contributed by atoms with E-state index in [1.54, 1.807) is 42.5 Å². The predicted molar refractivity (Wildman–Crippen MR) is 159 cm³/mol. The van der Waals surface area contributed by atoms with E-state index in [1.165, 1.54) is 4.90 Å². The lowest BCUT2D eigenvalue weighted by Gasteiger charge is -2.16. The molecule has 0 atom stereocenters. The largest absolute Gasteiger partial charge is 0.378 e. The molecule has 1 aliphatic rings. The van der Waals surface area contributed by atoms with Crippen LogP contribution in [-0.4, -0.2) is 41.0 Å². The van der Waals surface area contributed by atoms with Crippen molar-refractivity contribution in [1.82, 2.24) is 15.2 Å². The third-order valence-electron chi connectivity index (χ3n) is 6.06. The van der Waals surface area contributed by atoms with Gasteiger partial charge in [-0.3, -0.25) is 4.79 Å². The Labute approximate surface area is 236 Å². The van der Waals surface area contributed by atoms with Crippen LogP contribution in [0.4, 0.5) is 11.6 Å². The maximum atomic E-state index is 13.7. The van der Waals surface area contributed by atoms with E-state index in [1.807, 2.05) is 74.5 Å². The molecule has 0 radical (unpaired) electrons. The Balaban J connectivity index is 1.52. The zero-order valence-corrected chi connectivity index (χ0v) is 23.0. The second-order valence-electron chi connectivity index (χ2n) is 9.07. The summed E-state index contributed by atoms with van der Waals surface area (Å²) in [6.07, 6.45) is 5.52. The molecule has 0 unspecified atom stereocenters. The molecule has 2 heterocycles. The molecule has 5 rings (SSSR count). The molecule has 0 spiro atoms. The molecule has 0 saturated carbocycles. The number of carbonyl (C=O) groups excluding carboxylic acids is 1. The lowest BCUT2D eigenvalue weighted by atomic mass is 10.1. The van der Waals surface area contributed by atoms with Gasteiger partial charge in [0.25, 0.3) is 11.9 Å². The van der Waals surface area contributed by atoms with Gasteiger partial charge in [0.1, 0.15) is 5.70 Å². The zero-order chi connectivity index (χ0) is 27.5. The van der Waals surface area contributed by atoms with Crippen LogP contribution in [0, 0.1) is 6.92 Å². The Kier molecular flexibility index (Phi) is 7.54. The first kappa shape index (κ1) is 26.3. The van der Waals surface area contributed by atoms with Gasteiger partial charge < -0.3 is 4.90 Å². The Morgan fingerprint density at radius 2 is 1.41 bits per heavy atom. The number of aromatic nitrogens is 3. The number of rotatable bonds is 6. The van der Waals surface area contributed by atoms with Crippen LogP contribution in [0.2, 0.25) is 10.0 Å². The molecule has 0 N–H and O–H groups in total. The van der Waals surface area contributed by atoms with Crippen LogP contribution in [0.3, 0.4) is 0 Å². The average Bonchev–Trinajstić information content (AvgIpc) is 3.25. The molecule has 1 amide bonds. The number of anilines is 2. The third kappa shape index (κ3) is 5.90. The highest BCUT2D eigenvalue weighted by atomic mass is 35.5. The first-order valence-corrected chi connectivity index (χ1v) is 12.9. The van der Waals surface area contributed by atoms with E-state index in [2.05, 4.69) is 15.2 Å². The van der Waals surface area contributed by atoms with Crippen molar-refractivity contribution in [2.45, 2.75) is 6.92 Å². The third-order valence-corrected chi connectivity index (χ3v) is 6.56. The number of benzene rings is 3. The van der Waals surface area contributed by atoms with Gasteiger partial charge >= 0.3 is 0 Å². The van der Waals surface area contributed by atoms with Gasteiger partial charge in [0, 0.05) is 35.4 Å². The molecule has 9 heteroatoms. The van der Waals surface area contributed by atoms with Crippen LogP contribution in [0.15, 0.2) is 83.5 Å². The summed E-state index contributed by atoms with van der Waals surface area (Å²) in [6.45, 7) is 1.82. The van der Waals surface area contributed by atoms with Gasteiger partial charge in [0.15, 0.2) is 5.84 Å². The van der Waals surface area contributed by atoms with Crippen LogP contribution in [0.5, 0.6) is 0 Å². The molecule has 0 saturated heterocycles. The van der Waals surface area contributed by atoms with Gasteiger partial charge in [-0.15, -0.1) is 10.2 Å². The van der Waals surface area contributed by atoms with E-state index in [-0.39, 0.29) is 17.6 Å². The lowest BCUT2D eigenvalue weighted by Crippen LogP contribution is -2.34. The fourth-order valence-electron chi connectivity index (χ4n) is 3.90. The Morgan fingerprint density at radius 3 is 2.05 bits per heavy atom. The summed E-state index contributed by atoms with van der Waals surface area (Å²) in [6, 6.07) is 22.4. The molecule has 39 heavy (non-hydrogen) atoms. The zero-order valence-electron chi connectivity index (χ0n) is 21.5. The van der Waals surface area contributed by atoms with Crippen molar-refractivity contribution in [2.75, 3.05) is 23.9 Å². The number of carbonyl (C=O) groups is 1. The number of hydrogen-bond donors (Lipinski definition) is 0.